The molecule has 0 spiro atoms. The van der Waals surface area contributed by atoms with E-state index in [-0.39, 0.29) is 17.8 Å². The molecule has 2 aromatic rings. The van der Waals surface area contributed by atoms with Gasteiger partial charge in [0.1, 0.15) is 0 Å². The molecular weight excluding hydrogens is 416 g/mol. The number of ether oxygens (including phenoxy) is 1. The van der Waals surface area contributed by atoms with Crippen LogP contribution < -0.4 is 0 Å². The van der Waals surface area contributed by atoms with Crippen molar-refractivity contribution in [2.75, 3.05) is 6.61 Å². The molecule has 1 fully saturated rings. The number of esters is 1. The monoisotopic (exact) mass is 452 g/mol. The molecule has 2 aromatic carbocycles. The van der Waals surface area contributed by atoms with Gasteiger partial charge >= 0.3 is 5.97 Å². The average molecular weight is 453 g/mol. The lowest BCUT2D eigenvalue weighted by Crippen LogP contribution is -2.25. The van der Waals surface area contributed by atoms with Crippen molar-refractivity contribution in [2.45, 2.75) is 58.8 Å². The van der Waals surface area contributed by atoms with E-state index >= 15 is 0 Å². The van der Waals surface area contributed by atoms with Crippen LogP contribution in [0.1, 0.15) is 75.5 Å². The molecule has 2 aliphatic rings. The van der Waals surface area contributed by atoms with Gasteiger partial charge in [-0.1, -0.05) is 92.7 Å². The van der Waals surface area contributed by atoms with Gasteiger partial charge in [0, 0.05) is 17.4 Å². The fourth-order valence-electron chi connectivity index (χ4n) is 5.68. The van der Waals surface area contributed by atoms with E-state index in [1.807, 2.05) is 32.0 Å². The first-order valence-electron chi connectivity index (χ1n) is 12.6. The van der Waals surface area contributed by atoms with Crippen LogP contribution in [0.25, 0.3) is 6.08 Å². The molecular formula is C32H36O2. The van der Waals surface area contributed by atoms with Crippen LogP contribution >= 0.6 is 0 Å². The van der Waals surface area contributed by atoms with Crippen LogP contribution in [-0.4, -0.2) is 12.6 Å². The normalized spacial score (nSPS) is 21.1. The number of benzene rings is 2. The third-order valence-corrected chi connectivity index (χ3v) is 7.44. The number of hydrogen-bond donors (Lipinski definition) is 0. The van der Waals surface area contributed by atoms with Crippen molar-refractivity contribution in [3.05, 3.63) is 112 Å². The summed E-state index contributed by atoms with van der Waals surface area (Å²) in [6, 6.07) is 19.3. The molecule has 2 unspecified atom stereocenters. The molecule has 0 radical (unpaired) electrons. The van der Waals surface area contributed by atoms with Crippen molar-refractivity contribution in [2.24, 2.45) is 5.92 Å². The Labute approximate surface area is 204 Å². The number of hydrogen-bond acceptors (Lipinski definition) is 2. The third-order valence-electron chi connectivity index (χ3n) is 7.44. The smallest absolute Gasteiger partial charge is 0.334 e. The second kappa shape index (κ2) is 10.4. The lowest BCUT2D eigenvalue weighted by molar-refractivity contribution is -0.139. The van der Waals surface area contributed by atoms with Gasteiger partial charge in [-0.15, -0.1) is 0 Å². The standard InChI is InChI=1S/C32H36O2/c1-6-24(7-2)25-16-14-23(15-17-25)19-27-20-28-18-21(4)29(32(33)34-8-3)31(30(28)22(27)5)26-12-10-9-11-13-26/h9-19,24,30-31H,5-8,20H2,1-4H3. The Balaban J connectivity index is 1.70. The molecule has 0 aliphatic heterocycles. The van der Waals surface area contributed by atoms with Crippen molar-refractivity contribution in [3.63, 3.8) is 0 Å². The molecule has 0 amide bonds. The summed E-state index contributed by atoms with van der Waals surface area (Å²) < 4.78 is 5.49. The van der Waals surface area contributed by atoms with Crippen LogP contribution in [0.15, 0.2) is 95.1 Å². The fourth-order valence-corrected chi connectivity index (χ4v) is 5.68. The van der Waals surface area contributed by atoms with Gasteiger partial charge in [-0.3, -0.25) is 0 Å². The second-order valence-electron chi connectivity index (χ2n) is 9.45. The predicted octanol–water partition coefficient (Wildman–Crippen LogP) is 8.15. The molecule has 0 heterocycles. The van der Waals surface area contributed by atoms with E-state index in [1.54, 1.807) is 0 Å². The zero-order chi connectivity index (χ0) is 24.2. The summed E-state index contributed by atoms with van der Waals surface area (Å²) in [5.74, 6) is 0.418. The van der Waals surface area contributed by atoms with Gasteiger partial charge in [-0.25, -0.2) is 4.79 Å². The summed E-state index contributed by atoms with van der Waals surface area (Å²) in [4.78, 5) is 13.0. The fraction of sp³-hybridized carbons (Fsp3) is 0.344. The first kappa shape index (κ1) is 24.0. The van der Waals surface area contributed by atoms with Crippen molar-refractivity contribution >= 4 is 12.0 Å². The summed E-state index contributed by atoms with van der Waals surface area (Å²) in [5, 5.41) is 0. The molecule has 2 atom stereocenters. The Kier molecular flexibility index (Phi) is 7.36. The average Bonchev–Trinajstić information content (AvgIpc) is 3.15. The Bertz CT molecular complexity index is 1140. The van der Waals surface area contributed by atoms with Crippen molar-refractivity contribution < 1.29 is 9.53 Å². The summed E-state index contributed by atoms with van der Waals surface area (Å²) in [5.41, 5.74) is 9.22. The summed E-state index contributed by atoms with van der Waals surface area (Å²) in [7, 11) is 0. The summed E-state index contributed by atoms with van der Waals surface area (Å²) in [6.45, 7) is 13.3. The maximum Gasteiger partial charge on any atom is 0.334 e. The maximum absolute atomic E-state index is 13.0. The minimum atomic E-state index is -0.216. The Hall–Kier alpha value is -3.13. The first-order chi connectivity index (χ1) is 16.5. The minimum absolute atomic E-state index is 0.0732. The van der Waals surface area contributed by atoms with Gasteiger partial charge < -0.3 is 4.74 Å². The SMILES string of the molecule is C=C1C(=Cc2ccc(C(CC)CC)cc2)CC2=CC(C)=C(C(=O)OCC)C(c3ccccc3)C12. The Morgan fingerprint density at radius 1 is 1.03 bits per heavy atom. The number of carbonyl (C=O) groups excluding carboxylic acids is 1. The largest absolute Gasteiger partial charge is 0.463 e. The molecule has 2 aliphatic carbocycles. The highest BCUT2D eigenvalue weighted by molar-refractivity contribution is 5.93. The highest BCUT2D eigenvalue weighted by atomic mass is 16.5. The quantitative estimate of drug-likeness (QED) is 0.396. The molecule has 176 valence electrons. The van der Waals surface area contributed by atoms with Gasteiger partial charge in [0.05, 0.1) is 6.61 Å². The first-order valence-corrected chi connectivity index (χ1v) is 12.6. The predicted molar refractivity (Wildman–Crippen MR) is 142 cm³/mol. The molecule has 4 rings (SSSR count). The van der Waals surface area contributed by atoms with E-state index in [0.29, 0.717) is 12.5 Å². The summed E-state index contributed by atoms with van der Waals surface area (Å²) >= 11 is 0. The molecule has 2 nitrogen and oxygen atoms in total. The van der Waals surface area contributed by atoms with Crippen LogP contribution in [0.3, 0.4) is 0 Å². The Morgan fingerprint density at radius 2 is 1.71 bits per heavy atom. The highest BCUT2D eigenvalue weighted by Crippen LogP contribution is 2.53. The minimum Gasteiger partial charge on any atom is -0.463 e. The van der Waals surface area contributed by atoms with Gasteiger partial charge in [0.25, 0.3) is 0 Å². The number of carbonyl (C=O) groups is 1. The zero-order valence-corrected chi connectivity index (χ0v) is 20.9. The van der Waals surface area contributed by atoms with E-state index in [0.717, 1.165) is 28.7 Å². The van der Waals surface area contributed by atoms with Gasteiger partial charge in [0.15, 0.2) is 0 Å². The number of allylic oxidation sites excluding steroid dienone is 5. The molecule has 0 aromatic heterocycles. The van der Waals surface area contributed by atoms with Crippen LogP contribution in [0.4, 0.5) is 0 Å². The van der Waals surface area contributed by atoms with Crippen LogP contribution in [0, 0.1) is 5.92 Å². The van der Waals surface area contributed by atoms with E-state index in [1.165, 1.54) is 35.1 Å². The topological polar surface area (TPSA) is 26.3 Å². The zero-order valence-electron chi connectivity index (χ0n) is 20.9. The maximum atomic E-state index is 13.0. The number of fused-ring (bicyclic) bond motifs is 1. The van der Waals surface area contributed by atoms with Crippen LogP contribution in [0.2, 0.25) is 0 Å². The van der Waals surface area contributed by atoms with E-state index in [2.05, 4.69) is 69.0 Å². The molecule has 0 saturated heterocycles. The molecule has 34 heavy (non-hydrogen) atoms. The Morgan fingerprint density at radius 3 is 2.32 bits per heavy atom. The van der Waals surface area contributed by atoms with E-state index < -0.39 is 0 Å². The van der Waals surface area contributed by atoms with Crippen LogP contribution in [-0.2, 0) is 9.53 Å². The third kappa shape index (κ3) is 4.59. The second-order valence-corrected chi connectivity index (χ2v) is 9.45. The van der Waals surface area contributed by atoms with E-state index in [4.69, 9.17) is 4.74 Å². The van der Waals surface area contributed by atoms with Crippen LogP contribution in [0.5, 0.6) is 0 Å². The molecule has 0 N–H and O–H groups in total. The lowest BCUT2D eigenvalue weighted by atomic mass is 9.71. The molecule has 1 saturated carbocycles. The highest BCUT2D eigenvalue weighted by Gasteiger charge is 2.42. The summed E-state index contributed by atoms with van der Waals surface area (Å²) in [6.07, 6.45) is 7.67. The molecule has 0 bridgehead atoms. The van der Waals surface area contributed by atoms with Gasteiger partial charge in [0.2, 0.25) is 0 Å². The molecule has 2 heteroatoms. The van der Waals surface area contributed by atoms with Gasteiger partial charge in [-0.2, -0.15) is 0 Å². The van der Waals surface area contributed by atoms with Crippen molar-refractivity contribution in [1.82, 2.24) is 0 Å². The van der Waals surface area contributed by atoms with Crippen molar-refractivity contribution in [1.29, 1.82) is 0 Å². The van der Waals surface area contributed by atoms with Crippen molar-refractivity contribution in [3.8, 4) is 0 Å². The van der Waals surface area contributed by atoms with E-state index in [9.17, 15) is 4.79 Å². The lowest BCUT2D eigenvalue weighted by Gasteiger charge is -2.32. The number of rotatable bonds is 7. The van der Waals surface area contributed by atoms with Gasteiger partial charge in [-0.05, 0) is 72.4 Å².